The summed E-state index contributed by atoms with van der Waals surface area (Å²) >= 11 is 0. The minimum atomic E-state index is -0.622. The lowest BCUT2D eigenvalue weighted by molar-refractivity contribution is -0.148. The van der Waals surface area contributed by atoms with E-state index in [0.717, 1.165) is 25.7 Å². The SMILES string of the molecule is CCCCCCCCC(C)(CCC)C(=O)O. The summed E-state index contributed by atoms with van der Waals surface area (Å²) in [5.41, 5.74) is -0.487. The van der Waals surface area contributed by atoms with Crippen molar-refractivity contribution >= 4 is 5.97 Å². The molecule has 0 aliphatic rings. The third kappa shape index (κ3) is 6.14. The van der Waals surface area contributed by atoms with Gasteiger partial charge in [-0.05, 0) is 19.8 Å². The van der Waals surface area contributed by atoms with Gasteiger partial charge < -0.3 is 5.11 Å². The Morgan fingerprint density at radius 3 is 2.00 bits per heavy atom. The van der Waals surface area contributed by atoms with Gasteiger partial charge in [-0.3, -0.25) is 4.79 Å². The maximum atomic E-state index is 11.2. The molecule has 0 aliphatic heterocycles. The number of carbonyl (C=O) groups is 1. The summed E-state index contributed by atoms with van der Waals surface area (Å²) in [6.07, 6.45) is 9.98. The van der Waals surface area contributed by atoms with Gasteiger partial charge in [0.05, 0.1) is 5.41 Å². The van der Waals surface area contributed by atoms with E-state index in [9.17, 15) is 9.90 Å². The largest absolute Gasteiger partial charge is 0.481 e. The Labute approximate surface area is 100 Å². The molecule has 96 valence electrons. The Morgan fingerprint density at radius 2 is 1.50 bits per heavy atom. The fourth-order valence-corrected chi connectivity index (χ4v) is 2.19. The van der Waals surface area contributed by atoms with Crippen LogP contribution in [-0.4, -0.2) is 11.1 Å². The smallest absolute Gasteiger partial charge is 0.309 e. The second-order valence-electron chi connectivity index (χ2n) is 5.13. The predicted octanol–water partition coefficient (Wildman–Crippen LogP) is 4.63. The first kappa shape index (κ1) is 15.5. The molecule has 0 saturated heterocycles. The summed E-state index contributed by atoms with van der Waals surface area (Å²) in [7, 11) is 0. The van der Waals surface area contributed by atoms with Gasteiger partial charge in [0.25, 0.3) is 0 Å². The molecule has 0 fully saturated rings. The third-order valence-corrected chi connectivity index (χ3v) is 3.40. The number of rotatable bonds is 10. The molecule has 1 N–H and O–H groups in total. The highest BCUT2D eigenvalue weighted by Gasteiger charge is 2.30. The molecule has 0 bridgehead atoms. The van der Waals surface area contributed by atoms with Crippen LogP contribution in [0.2, 0.25) is 0 Å². The van der Waals surface area contributed by atoms with Crippen molar-refractivity contribution in [2.75, 3.05) is 0 Å². The van der Waals surface area contributed by atoms with Crippen LogP contribution in [0.1, 0.15) is 78.6 Å². The van der Waals surface area contributed by atoms with E-state index in [1.54, 1.807) is 0 Å². The second kappa shape index (κ2) is 8.60. The highest BCUT2D eigenvalue weighted by atomic mass is 16.4. The molecule has 0 radical (unpaired) electrons. The third-order valence-electron chi connectivity index (χ3n) is 3.40. The van der Waals surface area contributed by atoms with Gasteiger partial charge in [0.1, 0.15) is 0 Å². The molecule has 2 nitrogen and oxygen atoms in total. The Kier molecular flexibility index (Phi) is 8.32. The van der Waals surface area contributed by atoms with Crippen LogP contribution in [0.15, 0.2) is 0 Å². The molecule has 16 heavy (non-hydrogen) atoms. The molecule has 0 amide bonds. The van der Waals surface area contributed by atoms with Crippen molar-refractivity contribution in [2.24, 2.45) is 5.41 Å². The number of carboxylic acids is 1. The maximum Gasteiger partial charge on any atom is 0.309 e. The van der Waals surface area contributed by atoms with Gasteiger partial charge in [-0.15, -0.1) is 0 Å². The van der Waals surface area contributed by atoms with Crippen LogP contribution in [0, 0.1) is 5.41 Å². The van der Waals surface area contributed by atoms with E-state index in [-0.39, 0.29) is 0 Å². The summed E-state index contributed by atoms with van der Waals surface area (Å²) in [5.74, 6) is -0.622. The average Bonchev–Trinajstić information content (AvgIpc) is 2.23. The summed E-state index contributed by atoms with van der Waals surface area (Å²) in [5, 5.41) is 9.20. The molecular weight excluding hydrogens is 200 g/mol. The zero-order valence-electron chi connectivity index (χ0n) is 11.2. The monoisotopic (exact) mass is 228 g/mol. The Balaban J connectivity index is 3.73. The molecule has 0 aromatic rings. The van der Waals surface area contributed by atoms with E-state index in [0.29, 0.717) is 0 Å². The topological polar surface area (TPSA) is 37.3 Å². The van der Waals surface area contributed by atoms with Crippen molar-refractivity contribution in [1.29, 1.82) is 0 Å². The van der Waals surface area contributed by atoms with E-state index in [1.807, 2.05) is 6.92 Å². The molecule has 0 aromatic heterocycles. The summed E-state index contributed by atoms with van der Waals surface area (Å²) in [6.45, 7) is 6.16. The standard InChI is InChI=1S/C14H28O2/c1-4-6-7-8-9-10-12-14(3,11-5-2)13(15)16/h4-12H2,1-3H3,(H,15,16). The lowest BCUT2D eigenvalue weighted by atomic mass is 9.80. The van der Waals surface area contributed by atoms with E-state index in [2.05, 4.69) is 13.8 Å². The van der Waals surface area contributed by atoms with Crippen molar-refractivity contribution in [3.05, 3.63) is 0 Å². The molecule has 2 heteroatoms. The zero-order valence-corrected chi connectivity index (χ0v) is 11.2. The second-order valence-corrected chi connectivity index (χ2v) is 5.13. The van der Waals surface area contributed by atoms with Crippen LogP contribution >= 0.6 is 0 Å². The minimum absolute atomic E-state index is 0.487. The van der Waals surface area contributed by atoms with Gasteiger partial charge in [0.15, 0.2) is 0 Å². The van der Waals surface area contributed by atoms with Crippen molar-refractivity contribution in [2.45, 2.75) is 78.6 Å². The van der Waals surface area contributed by atoms with E-state index in [1.165, 1.54) is 32.1 Å². The molecule has 0 aromatic carbocycles. The van der Waals surface area contributed by atoms with Crippen molar-refractivity contribution < 1.29 is 9.90 Å². The first-order valence-electron chi connectivity index (χ1n) is 6.80. The molecule has 0 spiro atoms. The molecule has 0 heterocycles. The van der Waals surface area contributed by atoms with Crippen LogP contribution in [0.25, 0.3) is 0 Å². The van der Waals surface area contributed by atoms with Gasteiger partial charge in [-0.2, -0.15) is 0 Å². The molecule has 0 rings (SSSR count). The number of hydrogen-bond acceptors (Lipinski definition) is 1. The minimum Gasteiger partial charge on any atom is -0.481 e. The number of carboxylic acid groups (broad SMARTS) is 1. The fourth-order valence-electron chi connectivity index (χ4n) is 2.19. The van der Waals surface area contributed by atoms with Gasteiger partial charge in [-0.1, -0.05) is 58.8 Å². The number of unbranched alkanes of at least 4 members (excludes halogenated alkanes) is 5. The summed E-state index contributed by atoms with van der Waals surface area (Å²) in [6, 6.07) is 0. The number of aliphatic carboxylic acids is 1. The highest BCUT2D eigenvalue weighted by Crippen LogP contribution is 2.30. The molecule has 1 unspecified atom stereocenters. The van der Waals surface area contributed by atoms with Gasteiger partial charge in [-0.25, -0.2) is 0 Å². The van der Waals surface area contributed by atoms with Crippen LogP contribution in [0.4, 0.5) is 0 Å². The normalized spacial score (nSPS) is 14.7. The van der Waals surface area contributed by atoms with Crippen molar-refractivity contribution in [3.63, 3.8) is 0 Å². The summed E-state index contributed by atoms with van der Waals surface area (Å²) < 4.78 is 0. The van der Waals surface area contributed by atoms with Gasteiger partial charge in [0.2, 0.25) is 0 Å². The van der Waals surface area contributed by atoms with Crippen LogP contribution in [-0.2, 0) is 4.79 Å². The average molecular weight is 228 g/mol. The number of hydrogen-bond donors (Lipinski definition) is 1. The van der Waals surface area contributed by atoms with Crippen LogP contribution < -0.4 is 0 Å². The molecule has 0 aliphatic carbocycles. The van der Waals surface area contributed by atoms with Gasteiger partial charge in [0, 0.05) is 0 Å². The Hall–Kier alpha value is -0.530. The van der Waals surface area contributed by atoms with E-state index in [4.69, 9.17) is 0 Å². The highest BCUT2D eigenvalue weighted by molar-refractivity contribution is 5.73. The molecular formula is C14H28O2. The van der Waals surface area contributed by atoms with Crippen LogP contribution in [0.3, 0.4) is 0 Å². The predicted molar refractivity (Wildman–Crippen MR) is 68.6 cm³/mol. The van der Waals surface area contributed by atoms with Crippen LogP contribution in [0.5, 0.6) is 0 Å². The first-order valence-corrected chi connectivity index (χ1v) is 6.80. The summed E-state index contributed by atoms with van der Waals surface area (Å²) in [4.78, 5) is 11.2. The maximum absolute atomic E-state index is 11.2. The molecule has 1 atom stereocenters. The van der Waals surface area contributed by atoms with Crippen molar-refractivity contribution in [1.82, 2.24) is 0 Å². The quantitative estimate of drug-likeness (QED) is 0.554. The fraction of sp³-hybridized carbons (Fsp3) is 0.929. The van der Waals surface area contributed by atoms with E-state index < -0.39 is 11.4 Å². The van der Waals surface area contributed by atoms with Crippen molar-refractivity contribution in [3.8, 4) is 0 Å². The Morgan fingerprint density at radius 1 is 0.938 bits per heavy atom. The first-order chi connectivity index (χ1) is 7.56. The zero-order chi connectivity index (χ0) is 12.4. The van der Waals surface area contributed by atoms with E-state index >= 15 is 0 Å². The van der Waals surface area contributed by atoms with Gasteiger partial charge >= 0.3 is 5.97 Å². The lowest BCUT2D eigenvalue weighted by Crippen LogP contribution is -2.27. The Bertz CT molecular complexity index is 189. The molecule has 0 saturated carbocycles. The lowest BCUT2D eigenvalue weighted by Gasteiger charge is -2.24.